The van der Waals surface area contributed by atoms with Crippen molar-refractivity contribution in [2.45, 2.75) is 25.3 Å². The van der Waals surface area contributed by atoms with Crippen LogP contribution in [-0.2, 0) is 5.54 Å². The van der Waals surface area contributed by atoms with Gasteiger partial charge in [-0.05, 0) is 31.0 Å². The number of aliphatic imine (C=N–C) groups is 1. The maximum Gasteiger partial charge on any atom is 0.165 e. The van der Waals surface area contributed by atoms with Crippen molar-refractivity contribution in [1.82, 2.24) is 0 Å². The van der Waals surface area contributed by atoms with Crippen molar-refractivity contribution in [3.8, 4) is 5.75 Å². The third-order valence-electron chi connectivity index (χ3n) is 3.34. The molecule has 1 aliphatic heterocycles. The minimum absolute atomic E-state index is 0. The van der Waals surface area contributed by atoms with Crippen molar-refractivity contribution in [2.75, 3.05) is 12.9 Å². The molecule has 1 aliphatic rings. The lowest BCUT2D eigenvalue weighted by molar-refractivity contribution is 0.384. The number of hydrogen-bond acceptors (Lipinski definition) is 4. The van der Waals surface area contributed by atoms with E-state index in [0.717, 1.165) is 22.8 Å². The first kappa shape index (κ1) is 17.8. The van der Waals surface area contributed by atoms with Crippen molar-refractivity contribution in [3.63, 3.8) is 0 Å². The molecule has 0 fully saturated rings. The molecule has 7 heteroatoms. The van der Waals surface area contributed by atoms with Crippen molar-refractivity contribution >= 4 is 35.0 Å². The first-order valence-electron chi connectivity index (χ1n) is 6.33. The molecule has 1 unspecified atom stereocenters. The Kier molecular flexibility index (Phi) is 6.04. The normalized spacial score (nSPS) is 21.2. The van der Waals surface area contributed by atoms with Crippen LogP contribution in [0.4, 0.5) is 4.39 Å². The Labute approximate surface area is 134 Å². The fourth-order valence-electron chi connectivity index (χ4n) is 2.19. The lowest BCUT2D eigenvalue weighted by atomic mass is 9.89. The zero-order valence-corrected chi connectivity index (χ0v) is 13.6. The molecule has 21 heavy (non-hydrogen) atoms. The molecule has 116 valence electrons. The Bertz CT molecular complexity index is 567. The van der Waals surface area contributed by atoms with Gasteiger partial charge in [0, 0.05) is 5.75 Å². The highest BCUT2D eigenvalue weighted by Gasteiger charge is 2.30. The first-order valence-corrected chi connectivity index (χ1v) is 7.31. The van der Waals surface area contributed by atoms with Crippen LogP contribution in [0, 0.1) is 11.2 Å². The van der Waals surface area contributed by atoms with Crippen molar-refractivity contribution in [2.24, 2.45) is 10.7 Å². The summed E-state index contributed by atoms with van der Waals surface area (Å²) >= 11 is 1.61. The molecule has 0 amide bonds. The number of ether oxygens (including phenoxy) is 1. The van der Waals surface area contributed by atoms with E-state index in [0.29, 0.717) is 6.42 Å². The summed E-state index contributed by atoms with van der Waals surface area (Å²) in [4.78, 5) is 4.67. The third-order valence-corrected chi connectivity index (χ3v) is 4.32. The molecule has 3 N–H and O–H groups in total. The van der Waals surface area contributed by atoms with Gasteiger partial charge in [0.1, 0.15) is 0 Å². The Hall–Kier alpha value is -1.27. The molecule has 1 aromatic carbocycles. The second-order valence-electron chi connectivity index (χ2n) is 4.93. The molecule has 1 heterocycles. The Morgan fingerprint density at radius 1 is 1.57 bits per heavy atom. The highest BCUT2D eigenvalue weighted by molar-refractivity contribution is 8.14. The molecule has 0 saturated heterocycles. The molecule has 4 nitrogen and oxygen atoms in total. The molecular weight excluding hydrogens is 313 g/mol. The highest BCUT2D eigenvalue weighted by Crippen LogP contribution is 2.37. The monoisotopic (exact) mass is 331 g/mol. The van der Waals surface area contributed by atoms with Crippen LogP contribution in [0.3, 0.4) is 0 Å². The number of methoxy groups -OCH3 is 1. The largest absolute Gasteiger partial charge is 0.494 e. The van der Waals surface area contributed by atoms with E-state index < -0.39 is 5.54 Å². The van der Waals surface area contributed by atoms with E-state index in [1.54, 1.807) is 17.8 Å². The minimum Gasteiger partial charge on any atom is -0.494 e. The number of halogens is 2. The number of nitrogens with one attached hydrogen (secondary N) is 1. The molecule has 2 rings (SSSR count). The third kappa shape index (κ3) is 4.11. The fourth-order valence-corrected chi connectivity index (χ4v) is 3.45. The maximum absolute atomic E-state index is 13.8. The zero-order valence-electron chi connectivity index (χ0n) is 12.0. The fraction of sp³-hybridized carbons (Fsp3) is 0.429. The van der Waals surface area contributed by atoms with E-state index >= 15 is 0 Å². The van der Waals surface area contributed by atoms with E-state index in [1.807, 2.05) is 13.0 Å². The van der Waals surface area contributed by atoms with Crippen LogP contribution in [0.5, 0.6) is 5.75 Å². The summed E-state index contributed by atoms with van der Waals surface area (Å²) in [5.41, 5.74) is 5.77. The first-order chi connectivity index (χ1) is 9.44. The van der Waals surface area contributed by atoms with E-state index in [-0.39, 0.29) is 29.8 Å². The highest BCUT2D eigenvalue weighted by atomic mass is 35.5. The van der Waals surface area contributed by atoms with Gasteiger partial charge in [0.05, 0.1) is 29.9 Å². The lowest BCUT2D eigenvalue weighted by Gasteiger charge is -2.31. The Morgan fingerprint density at radius 3 is 2.86 bits per heavy atom. The second kappa shape index (κ2) is 7.13. The van der Waals surface area contributed by atoms with Gasteiger partial charge in [-0.25, -0.2) is 4.39 Å². The average Bonchev–Trinajstić information content (AvgIpc) is 2.38. The van der Waals surface area contributed by atoms with Crippen LogP contribution in [0.15, 0.2) is 23.2 Å². The Morgan fingerprint density at radius 2 is 2.29 bits per heavy atom. The van der Waals surface area contributed by atoms with Crippen molar-refractivity contribution < 1.29 is 9.13 Å². The standard InChI is InChI=1S/C14H18FN3OS.ClH/c1-14(5-6-20-13(18-14)8-12(16)17)9-3-4-11(19-2)10(15)7-9;/h3-4,7H,5-6,8H2,1-2H3,(H3,16,17);1H. The van der Waals surface area contributed by atoms with Gasteiger partial charge in [0.15, 0.2) is 11.6 Å². The molecule has 0 bridgehead atoms. The van der Waals surface area contributed by atoms with Crippen LogP contribution < -0.4 is 10.5 Å². The van der Waals surface area contributed by atoms with E-state index in [2.05, 4.69) is 4.99 Å². The second-order valence-corrected chi connectivity index (χ2v) is 6.10. The van der Waals surface area contributed by atoms with Crippen LogP contribution in [-0.4, -0.2) is 23.7 Å². The van der Waals surface area contributed by atoms with Gasteiger partial charge in [-0.3, -0.25) is 10.4 Å². The Balaban J connectivity index is 0.00000220. The molecule has 0 aliphatic carbocycles. The van der Waals surface area contributed by atoms with Gasteiger partial charge in [0.2, 0.25) is 0 Å². The molecule has 0 spiro atoms. The number of hydrogen-bond donors (Lipinski definition) is 2. The molecule has 0 aromatic heterocycles. The predicted molar refractivity (Wildman–Crippen MR) is 88.6 cm³/mol. The quantitative estimate of drug-likeness (QED) is 0.656. The predicted octanol–water partition coefficient (Wildman–Crippen LogP) is 3.33. The lowest BCUT2D eigenvalue weighted by Crippen LogP contribution is -2.27. The molecule has 0 radical (unpaired) electrons. The summed E-state index contributed by atoms with van der Waals surface area (Å²) in [6, 6.07) is 4.94. The van der Waals surface area contributed by atoms with Gasteiger partial charge in [-0.2, -0.15) is 0 Å². The molecule has 0 saturated carbocycles. The topological polar surface area (TPSA) is 71.5 Å². The number of amidine groups is 1. The van der Waals surface area contributed by atoms with Crippen LogP contribution in [0.2, 0.25) is 0 Å². The summed E-state index contributed by atoms with van der Waals surface area (Å²) in [5, 5.41) is 8.19. The van der Waals surface area contributed by atoms with Gasteiger partial charge in [0.25, 0.3) is 0 Å². The van der Waals surface area contributed by atoms with Crippen molar-refractivity contribution in [3.05, 3.63) is 29.6 Å². The maximum atomic E-state index is 13.8. The molecule has 1 atom stereocenters. The average molecular weight is 332 g/mol. The number of nitrogens with two attached hydrogens (primary N) is 1. The summed E-state index contributed by atoms with van der Waals surface area (Å²) in [6.45, 7) is 1.98. The van der Waals surface area contributed by atoms with Gasteiger partial charge < -0.3 is 10.5 Å². The summed E-state index contributed by atoms with van der Waals surface area (Å²) in [6.07, 6.45) is 1.18. The number of rotatable bonds is 4. The van der Waals surface area contributed by atoms with E-state index in [1.165, 1.54) is 13.2 Å². The van der Waals surface area contributed by atoms with Crippen molar-refractivity contribution in [1.29, 1.82) is 5.41 Å². The van der Waals surface area contributed by atoms with Gasteiger partial charge >= 0.3 is 0 Å². The smallest absolute Gasteiger partial charge is 0.165 e. The van der Waals surface area contributed by atoms with Crippen LogP contribution >= 0.6 is 24.2 Å². The number of thioether (sulfide) groups is 1. The van der Waals surface area contributed by atoms with E-state index in [9.17, 15) is 4.39 Å². The van der Waals surface area contributed by atoms with Gasteiger partial charge in [-0.1, -0.05) is 6.07 Å². The molecule has 1 aromatic rings. The van der Waals surface area contributed by atoms with E-state index in [4.69, 9.17) is 15.9 Å². The molecular formula is C14H19ClFN3OS. The summed E-state index contributed by atoms with van der Waals surface area (Å²) in [7, 11) is 1.44. The number of benzene rings is 1. The number of nitrogens with zero attached hydrogens (tertiary/aromatic N) is 1. The summed E-state index contributed by atoms with van der Waals surface area (Å²) in [5.74, 6) is 0.834. The van der Waals surface area contributed by atoms with Crippen LogP contribution in [0.1, 0.15) is 25.3 Å². The minimum atomic E-state index is -0.469. The summed E-state index contributed by atoms with van der Waals surface area (Å²) < 4.78 is 18.8. The van der Waals surface area contributed by atoms with Gasteiger partial charge in [-0.15, -0.1) is 24.2 Å². The SMILES string of the molecule is COc1ccc(C2(C)CCSC(CC(=N)N)=N2)cc1F.Cl. The zero-order chi connectivity index (χ0) is 14.8. The van der Waals surface area contributed by atoms with Crippen LogP contribution in [0.25, 0.3) is 0 Å².